The van der Waals surface area contributed by atoms with Gasteiger partial charge in [0.05, 0.1) is 27.0 Å². The number of amides is 1. The third-order valence-corrected chi connectivity index (χ3v) is 5.11. The van der Waals surface area contributed by atoms with Crippen molar-refractivity contribution >= 4 is 55.4 Å². The minimum absolute atomic E-state index is 0.181. The molecule has 0 radical (unpaired) electrons. The summed E-state index contributed by atoms with van der Waals surface area (Å²) in [6.45, 7) is 0. The number of hydrogen-bond donors (Lipinski definition) is 2. The maximum Gasteiger partial charge on any atom is 0.236 e. The molecule has 4 rings (SSSR count). The molecule has 2 heterocycles. The molecule has 2 aromatic carbocycles. The third-order valence-electron chi connectivity index (χ3n) is 3.30. The number of hydrogen-bond acceptors (Lipinski definition) is 5. The number of anilines is 1. The van der Waals surface area contributed by atoms with Crippen LogP contribution < -0.4 is 5.32 Å². The summed E-state index contributed by atoms with van der Waals surface area (Å²) in [6.07, 6.45) is 0. The summed E-state index contributed by atoms with van der Waals surface area (Å²) in [6, 6.07) is 12.1. The molecule has 0 aliphatic heterocycles. The Morgan fingerprint density at radius 2 is 2.08 bits per heavy atom. The van der Waals surface area contributed by atoms with Crippen LogP contribution in [0.3, 0.4) is 0 Å². The fraction of sp³-hybridized carbons (Fsp3) is 0.0625. The summed E-state index contributed by atoms with van der Waals surface area (Å²) in [5.41, 5.74) is 2.48. The molecule has 120 valence electrons. The second-order valence-corrected chi connectivity index (χ2v) is 7.02. The van der Waals surface area contributed by atoms with Crippen molar-refractivity contribution in [2.45, 2.75) is 5.16 Å². The van der Waals surface area contributed by atoms with Gasteiger partial charge in [0.25, 0.3) is 0 Å². The number of rotatable bonds is 4. The van der Waals surface area contributed by atoms with Crippen molar-refractivity contribution in [2.75, 3.05) is 11.1 Å². The van der Waals surface area contributed by atoms with E-state index in [0.717, 1.165) is 11.0 Å². The van der Waals surface area contributed by atoms with E-state index in [4.69, 9.17) is 0 Å². The van der Waals surface area contributed by atoms with Gasteiger partial charge in [-0.25, -0.2) is 14.4 Å². The van der Waals surface area contributed by atoms with Crippen LogP contribution in [0.4, 0.5) is 9.52 Å². The van der Waals surface area contributed by atoms with Crippen molar-refractivity contribution in [3.8, 4) is 0 Å². The number of halogens is 1. The van der Waals surface area contributed by atoms with Crippen LogP contribution in [0.5, 0.6) is 0 Å². The maximum absolute atomic E-state index is 13.2. The van der Waals surface area contributed by atoms with E-state index in [1.165, 1.54) is 35.2 Å². The highest BCUT2D eigenvalue weighted by molar-refractivity contribution is 7.99. The second-order valence-electron chi connectivity index (χ2n) is 5.03. The van der Waals surface area contributed by atoms with Crippen LogP contribution in [0.1, 0.15) is 0 Å². The number of nitrogens with zero attached hydrogens (tertiary/aromatic N) is 2. The number of para-hydroxylation sites is 2. The Kier molecular flexibility index (Phi) is 3.91. The highest BCUT2D eigenvalue weighted by atomic mass is 32.2. The number of thiazole rings is 1. The van der Waals surface area contributed by atoms with E-state index in [2.05, 4.69) is 20.3 Å². The third kappa shape index (κ3) is 3.10. The molecular formula is C16H11FN4OS2. The quantitative estimate of drug-likeness (QED) is 0.540. The van der Waals surface area contributed by atoms with Crippen LogP contribution in [0.2, 0.25) is 0 Å². The smallest absolute Gasteiger partial charge is 0.236 e. The molecule has 0 saturated carbocycles. The summed E-state index contributed by atoms with van der Waals surface area (Å²) in [5, 5.41) is 3.89. The summed E-state index contributed by atoms with van der Waals surface area (Å²) in [7, 11) is 0. The Morgan fingerprint density at radius 1 is 1.21 bits per heavy atom. The number of carbonyl (C=O) groups is 1. The van der Waals surface area contributed by atoms with Crippen molar-refractivity contribution in [2.24, 2.45) is 0 Å². The van der Waals surface area contributed by atoms with Gasteiger partial charge in [-0.2, -0.15) is 0 Å². The molecule has 2 N–H and O–H groups in total. The standard InChI is InChI=1S/C16H11FN4OS2/c17-9-5-6-12-13(7-9)24-16(20-12)21-14(22)8-23-15-18-10-3-1-2-4-11(10)19-15/h1-7H,8H2,(H,18,19)(H,20,21,22). The number of aromatic amines is 1. The molecule has 8 heteroatoms. The molecule has 4 aromatic rings. The molecule has 0 atom stereocenters. The van der Waals surface area contributed by atoms with Gasteiger partial charge in [-0.15, -0.1) is 0 Å². The van der Waals surface area contributed by atoms with Crippen LogP contribution >= 0.6 is 23.1 Å². The summed E-state index contributed by atoms with van der Waals surface area (Å²) < 4.78 is 13.9. The molecule has 0 bridgehead atoms. The number of aromatic nitrogens is 3. The molecule has 2 aromatic heterocycles. The first-order valence-electron chi connectivity index (χ1n) is 7.11. The largest absolute Gasteiger partial charge is 0.333 e. The van der Waals surface area contributed by atoms with E-state index in [0.29, 0.717) is 20.5 Å². The van der Waals surface area contributed by atoms with Crippen molar-refractivity contribution in [3.05, 3.63) is 48.3 Å². The number of H-pyrrole nitrogens is 1. The van der Waals surface area contributed by atoms with Crippen LogP contribution in [-0.4, -0.2) is 26.6 Å². The highest BCUT2D eigenvalue weighted by Crippen LogP contribution is 2.27. The summed E-state index contributed by atoms with van der Waals surface area (Å²) in [5.74, 6) is -0.283. The average Bonchev–Trinajstić information content (AvgIpc) is 3.15. The Balaban J connectivity index is 1.42. The molecule has 1 amide bonds. The lowest BCUT2D eigenvalue weighted by molar-refractivity contribution is -0.113. The minimum atomic E-state index is -0.315. The lowest BCUT2D eigenvalue weighted by Gasteiger charge is -1.99. The SMILES string of the molecule is O=C(CSc1nc2ccccc2[nH]1)Nc1nc2ccc(F)cc2s1. The van der Waals surface area contributed by atoms with E-state index in [-0.39, 0.29) is 17.5 Å². The Hall–Kier alpha value is -2.45. The Morgan fingerprint density at radius 3 is 2.96 bits per heavy atom. The number of nitrogens with one attached hydrogen (secondary N) is 2. The molecule has 0 aliphatic carbocycles. The molecule has 0 fully saturated rings. The first-order chi connectivity index (χ1) is 11.7. The van der Waals surface area contributed by atoms with Crippen LogP contribution in [0.15, 0.2) is 47.6 Å². The van der Waals surface area contributed by atoms with Crippen LogP contribution in [0.25, 0.3) is 21.3 Å². The molecule has 5 nitrogen and oxygen atoms in total. The lowest BCUT2D eigenvalue weighted by atomic mass is 10.3. The summed E-state index contributed by atoms with van der Waals surface area (Å²) in [4.78, 5) is 23.9. The fourth-order valence-corrected chi connectivity index (χ4v) is 3.83. The zero-order valence-electron chi connectivity index (χ0n) is 12.2. The van der Waals surface area contributed by atoms with Gasteiger partial charge < -0.3 is 10.3 Å². The van der Waals surface area contributed by atoms with Gasteiger partial charge in [-0.1, -0.05) is 35.2 Å². The zero-order valence-corrected chi connectivity index (χ0v) is 13.9. The van der Waals surface area contributed by atoms with Crippen molar-refractivity contribution in [1.82, 2.24) is 15.0 Å². The van der Waals surface area contributed by atoms with E-state index in [1.807, 2.05) is 24.3 Å². The van der Waals surface area contributed by atoms with Gasteiger partial charge in [0.15, 0.2) is 10.3 Å². The topological polar surface area (TPSA) is 70.7 Å². The lowest BCUT2D eigenvalue weighted by Crippen LogP contribution is -2.13. The van der Waals surface area contributed by atoms with Crippen molar-refractivity contribution in [3.63, 3.8) is 0 Å². The van der Waals surface area contributed by atoms with E-state index < -0.39 is 0 Å². The first-order valence-corrected chi connectivity index (χ1v) is 8.91. The van der Waals surface area contributed by atoms with Gasteiger partial charge in [0.2, 0.25) is 5.91 Å². The number of fused-ring (bicyclic) bond motifs is 2. The van der Waals surface area contributed by atoms with E-state index in [9.17, 15) is 9.18 Å². The predicted octanol–water partition coefficient (Wildman–Crippen LogP) is 4.04. The molecule has 0 spiro atoms. The van der Waals surface area contributed by atoms with E-state index in [1.54, 1.807) is 6.07 Å². The second kappa shape index (κ2) is 6.21. The Labute approximate surface area is 144 Å². The molecule has 0 aliphatic rings. The monoisotopic (exact) mass is 358 g/mol. The van der Waals surface area contributed by atoms with Gasteiger partial charge in [-0.3, -0.25) is 4.79 Å². The normalized spacial score (nSPS) is 11.2. The molecule has 24 heavy (non-hydrogen) atoms. The number of thioether (sulfide) groups is 1. The molecule has 0 unspecified atom stereocenters. The van der Waals surface area contributed by atoms with Gasteiger partial charge in [0, 0.05) is 0 Å². The summed E-state index contributed by atoms with van der Waals surface area (Å²) >= 11 is 2.57. The van der Waals surface area contributed by atoms with Gasteiger partial charge >= 0.3 is 0 Å². The number of carbonyl (C=O) groups excluding carboxylic acids is 1. The number of imidazole rings is 1. The average molecular weight is 358 g/mol. The van der Waals surface area contributed by atoms with Crippen molar-refractivity contribution < 1.29 is 9.18 Å². The van der Waals surface area contributed by atoms with Crippen molar-refractivity contribution in [1.29, 1.82) is 0 Å². The highest BCUT2D eigenvalue weighted by Gasteiger charge is 2.10. The minimum Gasteiger partial charge on any atom is -0.333 e. The number of benzene rings is 2. The molecule has 0 saturated heterocycles. The molecular weight excluding hydrogens is 347 g/mol. The zero-order chi connectivity index (χ0) is 16.5. The van der Waals surface area contributed by atoms with Gasteiger partial charge in [-0.05, 0) is 30.3 Å². The fourth-order valence-electron chi connectivity index (χ4n) is 2.24. The van der Waals surface area contributed by atoms with E-state index >= 15 is 0 Å². The first kappa shape index (κ1) is 15.1. The van der Waals surface area contributed by atoms with Crippen LogP contribution in [-0.2, 0) is 4.79 Å². The van der Waals surface area contributed by atoms with Crippen LogP contribution in [0, 0.1) is 5.82 Å². The maximum atomic E-state index is 13.2. The predicted molar refractivity (Wildman–Crippen MR) is 95.0 cm³/mol. The van der Waals surface area contributed by atoms with Gasteiger partial charge in [0.1, 0.15) is 5.82 Å². The Bertz CT molecular complexity index is 1010.